The van der Waals surface area contributed by atoms with E-state index in [1.165, 1.54) is 0 Å². The van der Waals surface area contributed by atoms with E-state index in [1.54, 1.807) is 49.6 Å². The minimum Gasteiger partial charge on any atom is -0.454 e. The fourth-order valence-electron chi connectivity index (χ4n) is 3.20. The van der Waals surface area contributed by atoms with Crippen LogP contribution in [-0.4, -0.2) is 48.9 Å². The van der Waals surface area contributed by atoms with Gasteiger partial charge < -0.3 is 19.5 Å². The molecule has 2 aromatic rings. The van der Waals surface area contributed by atoms with E-state index in [4.69, 9.17) is 14.2 Å². The number of thioether (sulfide) groups is 1. The highest BCUT2D eigenvalue weighted by Gasteiger charge is 2.34. The number of benzene rings is 2. The molecule has 0 saturated carbocycles. The summed E-state index contributed by atoms with van der Waals surface area (Å²) in [4.78, 5) is 38.7. The summed E-state index contributed by atoms with van der Waals surface area (Å²) in [6.45, 7) is 0.820. The largest absolute Gasteiger partial charge is 0.454 e. The van der Waals surface area contributed by atoms with Gasteiger partial charge in [0.05, 0.1) is 11.5 Å². The summed E-state index contributed by atoms with van der Waals surface area (Å²) in [7, 11) is 1.59. The molecule has 0 bridgehead atoms. The number of methoxy groups -OCH3 is 1. The van der Waals surface area contributed by atoms with Crippen molar-refractivity contribution in [2.24, 2.45) is 0 Å². The Morgan fingerprint density at radius 2 is 2.03 bits per heavy atom. The van der Waals surface area contributed by atoms with Gasteiger partial charge in [-0.3, -0.25) is 19.3 Å². The van der Waals surface area contributed by atoms with Crippen LogP contribution in [0.5, 0.6) is 11.5 Å². The van der Waals surface area contributed by atoms with Gasteiger partial charge in [0.25, 0.3) is 17.1 Å². The van der Waals surface area contributed by atoms with Crippen molar-refractivity contribution in [1.29, 1.82) is 0 Å². The van der Waals surface area contributed by atoms with Gasteiger partial charge in [0, 0.05) is 25.8 Å². The molecule has 0 radical (unpaired) electrons. The molecule has 4 rings (SSSR count). The van der Waals surface area contributed by atoms with Crippen LogP contribution in [-0.2, 0) is 16.1 Å². The zero-order valence-electron chi connectivity index (χ0n) is 16.8. The van der Waals surface area contributed by atoms with E-state index in [0.29, 0.717) is 28.6 Å². The summed E-state index contributed by atoms with van der Waals surface area (Å²) in [6, 6.07) is 12.4. The number of ether oxygens (including phenoxy) is 3. The molecule has 0 aromatic heterocycles. The van der Waals surface area contributed by atoms with Gasteiger partial charge in [-0.15, -0.1) is 0 Å². The number of carbonyl (C=O) groups is 3. The number of carbonyl (C=O) groups excluding carboxylic acids is 3. The molecule has 0 atom stereocenters. The SMILES string of the molecule is COCc1cccc(C(=O)NCCN2C(=O)SC(=Cc3ccc4c(c3)OCO4)C2=O)c1. The standard InChI is InChI=1S/C22H20N2O6S/c1-28-12-15-3-2-4-16(9-15)20(25)23-7-8-24-21(26)19(31-22(24)27)11-14-5-6-17-18(10-14)30-13-29-17/h2-6,9-11H,7-8,12-13H2,1H3,(H,23,25). The van der Waals surface area contributed by atoms with E-state index >= 15 is 0 Å². The van der Waals surface area contributed by atoms with E-state index in [2.05, 4.69) is 5.32 Å². The minimum absolute atomic E-state index is 0.0899. The lowest BCUT2D eigenvalue weighted by molar-refractivity contribution is -0.122. The molecule has 9 heteroatoms. The number of hydrogen-bond acceptors (Lipinski definition) is 7. The van der Waals surface area contributed by atoms with Crippen molar-refractivity contribution < 1.29 is 28.6 Å². The normalized spacial score (nSPS) is 16.3. The van der Waals surface area contributed by atoms with Crippen LogP contribution in [0.3, 0.4) is 0 Å². The monoisotopic (exact) mass is 440 g/mol. The van der Waals surface area contributed by atoms with E-state index in [0.717, 1.165) is 27.8 Å². The third-order valence-electron chi connectivity index (χ3n) is 4.69. The molecule has 1 fully saturated rings. The van der Waals surface area contributed by atoms with Crippen LogP contribution in [0.4, 0.5) is 4.79 Å². The Morgan fingerprint density at radius 3 is 2.87 bits per heavy atom. The second-order valence-electron chi connectivity index (χ2n) is 6.84. The maximum absolute atomic E-state index is 12.6. The topological polar surface area (TPSA) is 94.2 Å². The third-order valence-corrected chi connectivity index (χ3v) is 5.60. The second kappa shape index (κ2) is 9.23. The van der Waals surface area contributed by atoms with Crippen molar-refractivity contribution in [3.8, 4) is 11.5 Å². The fourth-order valence-corrected chi connectivity index (χ4v) is 4.06. The second-order valence-corrected chi connectivity index (χ2v) is 7.83. The van der Waals surface area contributed by atoms with E-state index < -0.39 is 0 Å². The summed E-state index contributed by atoms with van der Waals surface area (Å²) in [5.41, 5.74) is 2.11. The first-order valence-electron chi connectivity index (χ1n) is 9.56. The predicted molar refractivity (Wildman–Crippen MR) is 115 cm³/mol. The van der Waals surface area contributed by atoms with Crippen LogP contribution in [0.25, 0.3) is 6.08 Å². The van der Waals surface area contributed by atoms with Crippen LogP contribution in [0.2, 0.25) is 0 Å². The maximum Gasteiger partial charge on any atom is 0.293 e. The molecule has 0 unspecified atom stereocenters. The van der Waals surface area contributed by atoms with E-state index in [9.17, 15) is 14.4 Å². The predicted octanol–water partition coefficient (Wildman–Crippen LogP) is 3.03. The highest BCUT2D eigenvalue weighted by molar-refractivity contribution is 8.18. The summed E-state index contributed by atoms with van der Waals surface area (Å²) in [5, 5.41) is 2.38. The van der Waals surface area contributed by atoms with Crippen LogP contribution in [0, 0.1) is 0 Å². The lowest BCUT2D eigenvalue weighted by Gasteiger charge is -2.13. The van der Waals surface area contributed by atoms with Crippen molar-refractivity contribution in [2.45, 2.75) is 6.61 Å². The highest BCUT2D eigenvalue weighted by atomic mass is 32.2. The van der Waals surface area contributed by atoms with Crippen molar-refractivity contribution in [3.05, 3.63) is 64.1 Å². The van der Waals surface area contributed by atoms with Crippen LogP contribution in [0.1, 0.15) is 21.5 Å². The molecule has 0 aliphatic carbocycles. The number of fused-ring (bicyclic) bond motifs is 1. The molecular weight excluding hydrogens is 420 g/mol. The first kappa shape index (κ1) is 21.0. The molecule has 2 heterocycles. The molecule has 1 N–H and O–H groups in total. The molecule has 31 heavy (non-hydrogen) atoms. The highest BCUT2D eigenvalue weighted by Crippen LogP contribution is 2.36. The zero-order valence-corrected chi connectivity index (χ0v) is 17.6. The Bertz CT molecular complexity index is 1070. The smallest absolute Gasteiger partial charge is 0.293 e. The number of imide groups is 1. The first-order chi connectivity index (χ1) is 15.0. The summed E-state index contributed by atoms with van der Waals surface area (Å²) < 4.78 is 15.7. The van der Waals surface area contributed by atoms with E-state index in [-0.39, 0.29) is 36.9 Å². The van der Waals surface area contributed by atoms with Crippen molar-refractivity contribution in [2.75, 3.05) is 27.0 Å². The average Bonchev–Trinajstić information content (AvgIpc) is 3.33. The average molecular weight is 440 g/mol. The quantitative estimate of drug-likeness (QED) is 0.662. The number of rotatable bonds is 7. The van der Waals surface area contributed by atoms with Gasteiger partial charge in [-0.2, -0.15) is 0 Å². The third kappa shape index (κ3) is 4.73. The molecule has 0 spiro atoms. The Kier molecular flexibility index (Phi) is 6.24. The number of nitrogens with one attached hydrogen (secondary N) is 1. The van der Waals surface area contributed by atoms with Crippen LogP contribution in [0.15, 0.2) is 47.4 Å². The summed E-state index contributed by atoms with van der Waals surface area (Å²) in [5.74, 6) is 0.587. The van der Waals surface area contributed by atoms with Gasteiger partial charge in [-0.25, -0.2) is 0 Å². The first-order valence-corrected chi connectivity index (χ1v) is 10.4. The number of nitrogens with zero attached hydrogens (tertiary/aromatic N) is 1. The molecule has 1 saturated heterocycles. The van der Waals surface area contributed by atoms with Crippen LogP contribution < -0.4 is 14.8 Å². The van der Waals surface area contributed by atoms with Crippen molar-refractivity contribution >= 4 is 34.9 Å². The molecule has 2 aliphatic rings. The summed E-state index contributed by atoms with van der Waals surface area (Å²) in [6.07, 6.45) is 1.65. The minimum atomic E-state index is -0.385. The van der Waals surface area contributed by atoms with Gasteiger partial charge in [0.15, 0.2) is 11.5 Å². The lowest BCUT2D eigenvalue weighted by atomic mass is 10.1. The molecule has 2 aromatic carbocycles. The lowest BCUT2D eigenvalue weighted by Crippen LogP contribution is -2.37. The molecule has 2 aliphatic heterocycles. The Balaban J connectivity index is 1.35. The maximum atomic E-state index is 12.6. The van der Waals surface area contributed by atoms with Crippen molar-refractivity contribution in [3.63, 3.8) is 0 Å². The molecule has 3 amide bonds. The molecule has 160 valence electrons. The van der Waals surface area contributed by atoms with Gasteiger partial charge in [0.2, 0.25) is 6.79 Å². The zero-order chi connectivity index (χ0) is 21.8. The van der Waals surface area contributed by atoms with Crippen molar-refractivity contribution in [1.82, 2.24) is 10.2 Å². The Morgan fingerprint density at radius 1 is 1.19 bits per heavy atom. The Hall–Kier alpha value is -3.30. The Labute approximate surface area is 183 Å². The van der Waals surface area contributed by atoms with Crippen LogP contribution >= 0.6 is 11.8 Å². The van der Waals surface area contributed by atoms with Gasteiger partial charge in [-0.1, -0.05) is 18.2 Å². The van der Waals surface area contributed by atoms with Gasteiger partial charge in [0.1, 0.15) is 0 Å². The van der Waals surface area contributed by atoms with Gasteiger partial charge >= 0.3 is 0 Å². The number of hydrogen-bond donors (Lipinski definition) is 1. The molecule has 8 nitrogen and oxygen atoms in total. The number of amides is 3. The van der Waals surface area contributed by atoms with Gasteiger partial charge in [-0.05, 0) is 53.2 Å². The summed E-state index contributed by atoms with van der Waals surface area (Å²) >= 11 is 0.872. The molecular formula is C22H20N2O6S. The van der Waals surface area contributed by atoms with E-state index in [1.807, 2.05) is 6.07 Å². The fraction of sp³-hybridized carbons (Fsp3) is 0.227.